The molecule has 2 atom stereocenters. The molecule has 41 heavy (non-hydrogen) atoms. The summed E-state index contributed by atoms with van der Waals surface area (Å²) in [6.07, 6.45) is 8.91. The number of nitrogens with zero attached hydrogens (tertiary/aromatic N) is 4. The van der Waals surface area contributed by atoms with E-state index >= 15 is 0 Å². The largest absolute Gasteiger partial charge is 0.497 e. The van der Waals surface area contributed by atoms with Gasteiger partial charge in [-0.05, 0) is 80.0 Å². The van der Waals surface area contributed by atoms with Crippen molar-refractivity contribution >= 4 is 23.4 Å². The second-order valence-electron chi connectivity index (χ2n) is 11.2. The number of hydrogen-bond donors (Lipinski definition) is 0. The molecule has 0 unspecified atom stereocenters. The van der Waals surface area contributed by atoms with Gasteiger partial charge in [0.15, 0.2) is 0 Å². The van der Waals surface area contributed by atoms with Crippen LogP contribution in [0, 0.1) is 5.92 Å². The average molecular weight is 553 g/mol. The van der Waals surface area contributed by atoms with E-state index in [-0.39, 0.29) is 29.7 Å². The highest BCUT2D eigenvalue weighted by molar-refractivity contribution is 6.23. The highest BCUT2D eigenvalue weighted by atomic mass is 16.5. The molecule has 0 bridgehead atoms. The fraction of sp³-hybridized carbons (Fsp3) is 0.394. The Hall–Kier alpha value is -4.20. The Morgan fingerprint density at radius 3 is 2.68 bits per heavy atom. The van der Waals surface area contributed by atoms with Gasteiger partial charge in [-0.15, -0.1) is 0 Å². The van der Waals surface area contributed by atoms with Crippen LogP contribution < -0.4 is 9.64 Å². The van der Waals surface area contributed by atoms with Crippen LogP contribution in [0.4, 0.5) is 5.69 Å². The Labute approximate surface area is 240 Å². The van der Waals surface area contributed by atoms with Crippen molar-refractivity contribution in [2.75, 3.05) is 38.2 Å². The van der Waals surface area contributed by atoms with Gasteiger partial charge < -0.3 is 14.5 Å². The summed E-state index contributed by atoms with van der Waals surface area (Å²) in [5.41, 5.74) is 3.75. The summed E-state index contributed by atoms with van der Waals surface area (Å²) in [4.78, 5) is 50.7. The molecule has 0 aliphatic carbocycles. The summed E-state index contributed by atoms with van der Waals surface area (Å²) in [7, 11) is 1.62. The van der Waals surface area contributed by atoms with Crippen molar-refractivity contribution in [3.63, 3.8) is 0 Å². The average Bonchev–Trinajstić information content (AvgIpc) is 3.28. The van der Waals surface area contributed by atoms with Gasteiger partial charge in [-0.1, -0.05) is 24.3 Å². The molecule has 3 aliphatic heterocycles. The van der Waals surface area contributed by atoms with Gasteiger partial charge in [0.05, 0.1) is 35.9 Å². The second kappa shape index (κ2) is 11.7. The first-order valence-corrected chi connectivity index (χ1v) is 14.6. The number of piperidine rings is 2. The van der Waals surface area contributed by atoms with Gasteiger partial charge in [0.1, 0.15) is 5.75 Å². The van der Waals surface area contributed by atoms with Crippen LogP contribution in [0.5, 0.6) is 5.75 Å². The third-order valence-electron chi connectivity index (χ3n) is 8.70. The first-order valence-electron chi connectivity index (χ1n) is 14.6. The number of hydrogen-bond acceptors (Lipinski definition) is 6. The quantitative estimate of drug-likeness (QED) is 0.388. The molecule has 3 amide bonds. The van der Waals surface area contributed by atoms with E-state index in [0.717, 1.165) is 67.8 Å². The van der Waals surface area contributed by atoms with Crippen LogP contribution in [0.15, 0.2) is 67.0 Å². The van der Waals surface area contributed by atoms with E-state index in [4.69, 9.17) is 4.74 Å². The van der Waals surface area contributed by atoms with E-state index < -0.39 is 0 Å². The molecule has 0 spiro atoms. The van der Waals surface area contributed by atoms with Crippen LogP contribution in [-0.4, -0.2) is 65.8 Å². The fourth-order valence-electron chi connectivity index (χ4n) is 6.60. The molecule has 4 heterocycles. The minimum absolute atomic E-state index is 0.0543. The summed E-state index contributed by atoms with van der Waals surface area (Å²) in [5.74, 6) is 0.251. The van der Waals surface area contributed by atoms with Crippen LogP contribution >= 0.6 is 0 Å². The number of amides is 3. The lowest BCUT2D eigenvalue weighted by atomic mass is 9.91. The molecule has 2 saturated heterocycles. The molecule has 3 aromatic rings. The standard InChI is InChI=1S/C33H36N4O4/c1-41-26-11-4-8-23(20-26)15-19-37-32(39)27-12-5-14-29(30(27)33(37)40)35-17-7-10-25(22-35)31(38)36-18-3-2-13-28(36)24-9-6-16-34-21-24/h4-6,8-9,11-12,14,16,20-21,25,28H,2-3,7,10,13,15,17-19,22H2,1H3/t25-,28+/m0/s1. The Morgan fingerprint density at radius 2 is 1.85 bits per heavy atom. The number of anilines is 1. The normalized spacial score (nSPS) is 20.8. The molecule has 2 fully saturated rings. The number of rotatable bonds is 7. The van der Waals surface area contributed by atoms with Gasteiger partial charge in [-0.25, -0.2) is 0 Å². The number of aromatic nitrogens is 1. The highest BCUT2D eigenvalue weighted by Crippen LogP contribution is 2.37. The third-order valence-corrected chi connectivity index (χ3v) is 8.70. The second-order valence-corrected chi connectivity index (χ2v) is 11.2. The first kappa shape index (κ1) is 27.0. The Balaban J connectivity index is 1.19. The maximum atomic E-state index is 13.9. The SMILES string of the molecule is COc1cccc(CCN2C(=O)c3cccc(N4CCC[C@H](C(=O)N5CCCC[C@@H]5c5cccnc5)C4)c3C2=O)c1. The lowest BCUT2D eigenvalue weighted by Crippen LogP contribution is -2.47. The molecule has 2 aromatic carbocycles. The van der Waals surface area contributed by atoms with Crippen LogP contribution in [0.25, 0.3) is 0 Å². The smallest absolute Gasteiger partial charge is 0.263 e. The minimum atomic E-state index is -0.260. The molecule has 0 radical (unpaired) electrons. The van der Waals surface area contributed by atoms with E-state index in [9.17, 15) is 14.4 Å². The molecule has 212 valence electrons. The van der Waals surface area contributed by atoms with E-state index in [0.29, 0.717) is 30.6 Å². The van der Waals surface area contributed by atoms with Crippen molar-refractivity contribution in [1.29, 1.82) is 0 Å². The Bertz CT molecular complexity index is 1440. The van der Waals surface area contributed by atoms with E-state index in [1.165, 1.54) is 4.90 Å². The number of fused-ring (bicyclic) bond motifs is 1. The zero-order chi connectivity index (χ0) is 28.3. The zero-order valence-electron chi connectivity index (χ0n) is 23.5. The van der Waals surface area contributed by atoms with Crippen molar-refractivity contribution in [3.8, 4) is 5.75 Å². The number of likely N-dealkylation sites (tertiary alicyclic amines) is 1. The number of methoxy groups -OCH3 is 1. The van der Waals surface area contributed by atoms with Crippen molar-refractivity contribution in [2.45, 2.75) is 44.6 Å². The number of benzene rings is 2. The maximum absolute atomic E-state index is 13.9. The highest BCUT2D eigenvalue weighted by Gasteiger charge is 2.40. The lowest BCUT2D eigenvalue weighted by molar-refractivity contribution is -0.139. The molecule has 6 rings (SSSR count). The minimum Gasteiger partial charge on any atom is -0.497 e. The van der Waals surface area contributed by atoms with Crippen molar-refractivity contribution in [3.05, 3.63) is 89.2 Å². The van der Waals surface area contributed by atoms with E-state index in [1.54, 1.807) is 19.4 Å². The monoisotopic (exact) mass is 552 g/mol. The molecule has 0 saturated carbocycles. The van der Waals surface area contributed by atoms with Crippen LogP contribution in [0.2, 0.25) is 0 Å². The molecular formula is C33H36N4O4. The van der Waals surface area contributed by atoms with Gasteiger partial charge in [0.2, 0.25) is 5.91 Å². The summed E-state index contributed by atoms with van der Waals surface area (Å²) >= 11 is 0. The third kappa shape index (κ3) is 5.31. The number of carbonyl (C=O) groups is 3. The number of ether oxygens (including phenoxy) is 1. The summed E-state index contributed by atoms with van der Waals surface area (Å²) < 4.78 is 5.31. The van der Waals surface area contributed by atoms with E-state index in [2.05, 4.69) is 20.9 Å². The first-order chi connectivity index (χ1) is 20.0. The molecule has 8 nitrogen and oxygen atoms in total. The maximum Gasteiger partial charge on any atom is 0.263 e. The van der Waals surface area contributed by atoms with Gasteiger partial charge in [-0.3, -0.25) is 24.3 Å². The molecular weight excluding hydrogens is 516 g/mol. The van der Waals surface area contributed by atoms with Crippen molar-refractivity contribution in [1.82, 2.24) is 14.8 Å². The van der Waals surface area contributed by atoms with Crippen molar-refractivity contribution in [2.24, 2.45) is 5.92 Å². The van der Waals surface area contributed by atoms with Gasteiger partial charge >= 0.3 is 0 Å². The van der Waals surface area contributed by atoms with E-state index in [1.807, 2.05) is 48.7 Å². The summed E-state index contributed by atoms with van der Waals surface area (Å²) in [6, 6.07) is 17.2. The van der Waals surface area contributed by atoms with Crippen LogP contribution in [0.3, 0.4) is 0 Å². The molecule has 0 N–H and O–H groups in total. The predicted octanol–water partition coefficient (Wildman–Crippen LogP) is 4.90. The zero-order valence-corrected chi connectivity index (χ0v) is 23.5. The Kier molecular flexibility index (Phi) is 7.72. The number of carbonyl (C=O) groups excluding carboxylic acids is 3. The topological polar surface area (TPSA) is 83.1 Å². The van der Waals surface area contributed by atoms with Gasteiger partial charge in [-0.2, -0.15) is 0 Å². The summed E-state index contributed by atoms with van der Waals surface area (Å²) in [5, 5.41) is 0. The fourth-order valence-corrected chi connectivity index (χ4v) is 6.60. The van der Waals surface area contributed by atoms with Gasteiger partial charge in [0, 0.05) is 38.6 Å². The lowest BCUT2D eigenvalue weighted by Gasteiger charge is -2.41. The Morgan fingerprint density at radius 1 is 0.976 bits per heavy atom. The molecule has 1 aromatic heterocycles. The van der Waals surface area contributed by atoms with Crippen LogP contribution in [0.1, 0.15) is 70.0 Å². The van der Waals surface area contributed by atoms with Gasteiger partial charge in [0.25, 0.3) is 11.8 Å². The number of pyridine rings is 1. The van der Waals surface area contributed by atoms with Crippen LogP contribution in [-0.2, 0) is 11.2 Å². The predicted molar refractivity (Wildman–Crippen MR) is 156 cm³/mol. The molecule has 8 heteroatoms. The van der Waals surface area contributed by atoms with Crippen molar-refractivity contribution < 1.29 is 19.1 Å². The number of imide groups is 1. The molecule has 3 aliphatic rings. The summed E-state index contributed by atoms with van der Waals surface area (Å²) in [6.45, 7) is 2.34.